The number of nitrogens with one attached hydrogen (secondary N) is 1. The van der Waals surface area contributed by atoms with Crippen LogP contribution >= 0.6 is 11.6 Å². The second kappa shape index (κ2) is 5.77. The monoisotopic (exact) mass is 289 g/mol. The van der Waals surface area contributed by atoms with Gasteiger partial charge in [-0.2, -0.15) is 0 Å². The van der Waals surface area contributed by atoms with Gasteiger partial charge in [0.05, 0.1) is 5.02 Å². The summed E-state index contributed by atoms with van der Waals surface area (Å²) in [5.41, 5.74) is 2.14. The van der Waals surface area contributed by atoms with Crippen LogP contribution in [0.15, 0.2) is 30.6 Å². The molecule has 0 aliphatic heterocycles. The number of aryl methyl sites for hydroxylation is 1. The van der Waals surface area contributed by atoms with Crippen LogP contribution in [0.2, 0.25) is 5.02 Å². The van der Waals surface area contributed by atoms with Crippen molar-refractivity contribution in [3.63, 3.8) is 0 Å². The van der Waals surface area contributed by atoms with E-state index in [-0.39, 0.29) is 0 Å². The minimum absolute atomic E-state index is 0.311. The molecule has 1 heterocycles. The van der Waals surface area contributed by atoms with Crippen molar-refractivity contribution in [1.29, 1.82) is 0 Å². The summed E-state index contributed by atoms with van der Waals surface area (Å²) in [6.07, 6.45) is 6.10. The standard InChI is InChI=1S/C15H16ClN3O/c1-10-2-5-14(13(16)6-10)20-15-18-8-11(9-19-15)7-17-12-3-4-12/h2,5-6,8-9,12,17H,3-4,7H2,1H3. The highest BCUT2D eigenvalue weighted by molar-refractivity contribution is 6.32. The van der Waals surface area contributed by atoms with E-state index in [4.69, 9.17) is 16.3 Å². The van der Waals surface area contributed by atoms with Crippen molar-refractivity contribution in [2.75, 3.05) is 0 Å². The molecule has 5 heteroatoms. The molecule has 1 N–H and O–H groups in total. The van der Waals surface area contributed by atoms with Crippen LogP contribution in [0.25, 0.3) is 0 Å². The highest BCUT2D eigenvalue weighted by atomic mass is 35.5. The van der Waals surface area contributed by atoms with E-state index in [0.29, 0.717) is 22.8 Å². The Balaban J connectivity index is 1.64. The molecule has 0 unspecified atom stereocenters. The summed E-state index contributed by atoms with van der Waals surface area (Å²) in [5, 5.41) is 3.98. The Morgan fingerprint density at radius 1 is 1.30 bits per heavy atom. The SMILES string of the molecule is Cc1ccc(Oc2ncc(CNC3CC3)cn2)c(Cl)c1. The lowest BCUT2D eigenvalue weighted by atomic mass is 10.2. The molecule has 1 aromatic carbocycles. The topological polar surface area (TPSA) is 47.0 Å². The highest BCUT2D eigenvalue weighted by Gasteiger charge is 2.20. The Labute approximate surface area is 123 Å². The number of hydrogen-bond donors (Lipinski definition) is 1. The predicted octanol–water partition coefficient (Wildman–Crippen LogP) is 3.48. The quantitative estimate of drug-likeness (QED) is 0.915. The first-order chi connectivity index (χ1) is 9.70. The Hall–Kier alpha value is -1.65. The lowest BCUT2D eigenvalue weighted by Crippen LogP contribution is -2.15. The third-order valence-electron chi connectivity index (χ3n) is 3.14. The van der Waals surface area contributed by atoms with Gasteiger partial charge in [-0.1, -0.05) is 17.7 Å². The van der Waals surface area contributed by atoms with E-state index in [1.165, 1.54) is 12.8 Å². The van der Waals surface area contributed by atoms with Crippen molar-refractivity contribution < 1.29 is 4.74 Å². The molecular weight excluding hydrogens is 274 g/mol. The van der Waals surface area contributed by atoms with Gasteiger partial charge in [0.15, 0.2) is 0 Å². The molecule has 4 nitrogen and oxygen atoms in total. The zero-order valence-corrected chi connectivity index (χ0v) is 12.0. The van der Waals surface area contributed by atoms with Crippen molar-refractivity contribution in [2.24, 2.45) is 0 Å². The summed E-state index contributed by atoms with van der Waals surface area (Å²) in [4.78, 5) is 8.41. The average molecular weight is 290 g/mol. The summed E-state index contributed by atoms with van der Waals surface area (Å²) < 4.78 is 5.58. The van der Waals surface area contributed by atoms with Gasteiger partial charge in [-0.05, 0) is 37.5 Å². The zero-order chi connectivity index (χ0) is 13.9. The molecule has 1 aliphatic carbocycles. The molecule has 0 atom stereocenters. The molecule has 0 radical (unpaired) electrons. The number of ether oxygens (including phenoxy) is 1. The third-order valence-corrected chi connectivity index (χ3v) is 3.44. The largest absolute Gasteiger partial charge is 0.423 e. The van der Waals surface area contributed by atoms with Crippen LogP contribution in [0, 0.1) is 6.92 Å². The van der Waals surface area contributed by atoms with Crippen LogP contribution in [0.1, 0.15) is 24.0 Å². The fourth-order valence-electron chi connectivity index (χ4n) is 1.82. The second-order valence-corrected chi connectivity index (χ2v) is 5.47. The van der Waals surface area contributed by atoms with Crippen molar-refractivity contribution in [1.82, 2.24) is 15.3 Å². The Morgan fingerprint density at radius 3 is 2.70 bits per heavy atom. The van der Waals surface area contributed by atoms with Crippen molar-refractivity contribution in [3.05, 3.63) is 46.7 Å². The average Bonchev–Trinajstić information content (AvgIpc) is 3.25. The first-order valence-electron chi connectivity index (χ1n) is 6.69. The molecule has 0 amide bonds. The number of nitrogens with zero attached hydrogens (tertiary/aromatic N) is 2. The van der Waals surface area contributed by atoms with Crippen LogP contribution in [0.3, 0.4) is 0 Å². The van der Waals surface area contributed by atoms with Gasteiger partial charge in [0.25, 0.3) is 0 Å². The lowest BCUT2D eigenvalue weighted by molar-refractivity contribution is 0.440. The van der Waals surface area contributed by atoms with Gasteiger partial charge < -0.3 is 10.1 Å². The highest BCUT2D eigenvalue weighted by Crippen LogP contribution is 2.28. The van der Waals surface area contributed by atoms with Crippen LogP contribution in [0.5, 0.6) is 11.8 Å². The number of aromatic nitrogens is 2. The van der Waals surface area contributed by atoms with Crippen LogP contribution < -0.4 is 10.1 Å². The van der Waals surface area contributed by atoms with Gasteiger partial charge in [-0.15, -0.1) is 0 Å². The molecule has 3 rings (SSSR count). The van der Waals surface area contributed by atoms with Gasteiger partial charge in [0.1, 0.15) is 5.75 Å². The summed E-state index contributed by atoms with van der Waals surface area (Å²) >= 11 is 6.11. The minimum atomic E-state index is 0.311. The molecule has 0 spiro atoms. The molecule has 0 bridgehead atoms. The van der Waals surface area contributed by atoms with Gasteiger partial charge in [0.2, 0.25) is 0 Å². The maximum absolute atomic E-state index is 6.11. The van der Waals surface area contributed by atoms with Crippen molar-refractivity contribution in [3.8, 4) is 11.8 Å². The number of hydrogen-bond acceptors (Lipinski definition) is 4. The summed E-state index contributed by atoms with van der Waals surface area (Å²) in [6.45, 7) is 2.78. The molecule has 0 saturated heterocycles. The summed E-state index contributed by atoms with van der Waals surface area (Å²) in [5.74, 6) is 0.570. The zero-order valence-electron chi connectivity index (χ0n) is 11.3. The maximum Gasteiger partial charge on any atom is 0.321 e. The molecule has 2 aromatic rings. The molecule has 1 fully saturated rings. The first-order valence-corrected chi connectivity index (χ1v) is 7.07. The number of rotatable bonds is 5. The molecule has 104 valence electrons. The summed E-state index contributed by atoms with van der Waals surface area (Å²) in [7, 11) is 0. The van der Waals surface area contributed by atoms with Crippen LogP contribution in [-0.2, 0) is 6.54 Å². The van der Waals surface area contributed by atoms with E-state index in [1.807, 2.05) is 25.1 Å². The van der Waals surface area contributed by atoms with E-state index in [2.05, 4.69) is 15.3 Å². The second-order valence-electron chi connectivity index (χ2n) is 5.06. The number of halogens is 1. The fraction of sp³-hybridized carbons (Fsp3) is 0.333. The lowest BCUT2D eigenvalue weighted by Gasteiger charge is -2.07. The molecule has 1 aliphatic rings. The Kier molecular flexibility index (Phi) is 3.85. The van der Waals surface area contributed by atoms with E-state index < -0.39 is 0 Å². The Bertz CT molecular complexity index is 597. The van der Waals surface area contributed by atoms with Gasteiger partial charge in [-0.3, -0.25) is 0 Å². The fourth-order valence-corrected chi connectivity index (χ4v) is 2.10. The maximum atomic E-state index is 6.11. The van der Waals surface area contributed by atoms with E-state index >= 15 is 0 Å². The third kappa shape index (κ3) is 3.46. The van der Waals surface area contributed by atoms with Gasteiger partial charge in [0, 0.05) is 30.5 Å². The molecule has 20 heavy (non-hydrogen) atoms. The van der Waals surface area contributed by atoms with Crippen molar-refractivity contribution in [2.45, 2.75) is 32.4 Å². The number of benzene rings is 1. The predicted molar refractivity (Wildman–Crippen MR) is 78.2 cm³/mol. The Morgan fingerprint density at radius 2 is 2.05 bits per heavy atom. The van der Waals surface area contributed by atoms with E-state index in [9.17, 15) is 0 Å². The smallest absolute Gasteiger partial charge is 0.321 e. The van der Waals surface area contributed by atoms with Crippen molar-refractivity contribution >= 4 is 11.6 Å². The minimum Gasteiger partial charge on any atom is -0.423 e. The normalized spacial score (nSPS) is 14.3. The van der Waals surface area contributed by atoms with Crippen LogP contribution in [0.4, 0.5) is 0 Å². The van der Waals surface area contributed by atoms with E-state index in [1.54, 1.807) is 12.4 Å². The first kappa shape index (κ1) is 13.3. The molecule has 1 aromatic heterocycles. The van der Waals surface area contributed by atoms with Crippen LogP contribution in [-0.4, -0.2) is 16.0 Å². The van der Waals surface area contributed by atoms with Gasteiger partial charge in [-0.25, -0.2) is 9.97 Å². The summed E-state index contributed by atoms with van der Waals surface area (Å²) in [6, 6.07) is 6.60. The molecular formula is C15H16ClN3O. The molecule has 1 saturated carbocycles. The van der Waals surface area contributed by atoms with Gasteiger partial charge >= 0.3 is 6.01 Å². The van der Waals surface area contributed by atoms with E-state index in [0.717, 1.165) is 17.7 Å².